The molecule has 0 saturated heterocycles. The molecule has 0 aliphatic heterocycles. The van der Waals surface area contributed by atoms with Crippen LogP contribution in [0, 0.1) is 0 Å². The van der Waals surface area contributed by atoms with Gasteiger partial charge in [-0.05, 0) is 35.4 Å². The van der Waals surface area contributed by atoms with E-state index in [1.807, 2.05) is 6.07 Å². The Balaban J connectivity index is 2.16. The summed E-state index contributed by atoms with van der Waals surface area (Å²) < 4.78 is 4.92. The monoisotopic (exact) mass is 290 g/mol. The van der Waals surface area contributed by atoms with E-state index in [-0.39, 0.29) is 5.22 Å². The third-order valence-corrected chi connectivity index (χ3v) is 3.46. The summed E-state index contributed by atoms with van der Waals surface area (Å²) in [6, 6.07) is 6.87. The van der Waals surface area contributed by atoms with Gasteiger partial charge in [0, 0.05) is 12.0 Å². The Morgan fingerprint density at radius 2 is 1.88 bits per heavy atom. The van der Waals surface area contributed by atoms with E-state index in [0.717, 1.165) is 5.56 Å². The summed E-state index contributed by atoms with van der Waals surface area (Å²) in [6.45, 7) is 0. The third-order valence-electron chi connectivity index (χ3n) is 2.42. The lowest BCUT2D eigenvalue weighted by atomic mass is 10.0. The molecule has 2 aromatic rings. The van der Waals surface area contributed by atoms with E-state index in [9.17, 15) is 5.11 Å². The Bertz CT molecular complexity index is 522. The maximum Gasteiger partial charge on any atom is 0.198 e. The zero-order chi connectivity index (χ0) is 12.4. The predicted molar refractivity (Wildman–Crippen MR) is 68.8 cm³/mol. The van der Waals surface area contributed by atoms with Crippen LogP contribution in [0.3, 0.4) is 0 Å². The molecule has 2 rings (SSSR count). The lowest BCUT2D eigenvalue weighted by molar-refractivity contribution is 0.177. The van der Waals surface area contributed by atoms with E-state index in [2.05, 4.69) is 0 Å². The van der Waals surface area contributed by atoms with Crippen LogP contribution in [0.5, 0.6) is 0 Å². The topological polar surface area (TPSA) is 33.4 Å². The first-order chi connectivity index (χ1) is 8.08. The van der Waals surface area contributed by atoms with E-state index in [1.54, 1.807) is 18.2 Å². The van der Waals surface area contributed by atoms with Crippen LogP contribution in [0.2, 0.25) is 15.3 Å². The Labute approximate surface area is 114 Å². The molecule has 1 heterocycles. The summed E-state index contributed by atoms with van der Waals surface area (Å²) in [4.78, 5) is 0. The molecule has 17 heavy (non-hydrogen) atoms. The highest BCUT2D eigenvalue weighted by molar-refractivity contribution is 6.42. The van der Waals surface area contributed by atoms with Crippen molar-refractivity contribution in [1.82, 2.24) is 0 Å². The molecule has 0 bridgehead atoms. The molecule has 0 amide bonds. The molecule has 90 valence electrons. The van der Waals surface area contributed by atoms with Gasteiger partial charge < -0.3 is 9.52 Å². The number of halogens is 3. The minimum Gasteiger partial charge on any atom is -0.453 e. The number of benzene rings is 1. The summed E-state index contributed by atoms with van der Waals surface area (Å²) >= 11 is 17.5. The van der Waals surface area contributed by atoms with Crippen LogP contribution in [0.25, 0.3) is 0 Å². The number of rotatable bonds is 3. The maximum atomic E-state index is 9.98. The zero-order valence-corrected chi connectivity index (χ0v) is 10.9. The summed E-state index contributed by atoms with van der Waals surface area (Å²) in [5, 5.41) is 11.1. The molecule has 1 aromatic heterocycles. The molecule has 0 aliphatic rings. The first-order valence-corrected chi connectivity index (χ1v) is 6.06. The van der Waals surface area contributed by atoms with Gasteiger partial charge in [-0.2, -0.15) is 0 Å². The van der Waals surface area contributed by atoms with Crippen LogP contribution < -0.4 is 0 Å². The minimum atomic E-state index is -0.724. The standard InChI is InChI=1S/C12H9Cl3O2/c13-9-2-1-7(5-10(9)14)6-11(16)8-3-4-17-12(8)15/h1-5,11,16H,6H2. The molecule has 1 N–H and O–H groups in total. The van der Waals surface area contributed by atoms with E-state index in [4.69, 9.17) is 39.2 Å². The van der Waals surface area contributed by atoms with E-state index in [0.29, 0.717) is 22.0 Å². The van der Waals surface area contributed by atoms with Gasteiger partial charge in [0.1, 0.15) is 0 Å². The van der Waals surface area contributed by atoms with Gasteiger partial charge in [0.15, 0.2) is 5.22 Å². The fraction of sp³-hybridized carbons (Fsp3) is 0.167. The summed E-state index contributed by atoms with van der Waals surface area (Å²) in [5.74, 6) is 0. The Morgan fingerprint density at radius 1 is 1.12 bits per heavy atom. The molecule has 2 nitrogen and oxygen atoms in total. The number of aliphatic hydroxyl groups excluding tert-OH is 1. The highest BCUT2D eigenvalue weighted by Gasteiger charge is 2.15. The van der Waals surface area contributed by atoms with Crippen molar-refractivity contribution in [3.63, 3.8) is 0 Å². The molecule has 0 spiro atoms. The molecule has 1 atom stereocenters. The van der Waals surface area contributed by atoms with Crippen LogP contribution in [0.1, 0.15) is 17.2 Å². The van der Waals surface area contributed by atoms with Crippen LogP contribution in [-0.2, 0) is 6.42 Å². The lowest BCUT2D eigenvalue weighted by Crippen LogP contribution is -2.01. The largest absolute Gasteiger partial charge is 0.453 e. The highest BCUT2D eigenvalue weighted by atomic mass is 35.5. The summed E-state index contributed by atoms with van der Waals surface area (Å²) in [6.07, 6.45) is 1.12. The van der Waals surface area contributed by atoms with Crippen molar-refractivity contribution in [2.45, 2.75) is 12.5 Å². The number of hydrogen-bond donors (Lipinski definition) is 1. The van der Waals surface area contributed by atoms with E-state index < -0.39 is 6.10 Å². The summed E-state index contributed by atoms with van der Waals surface area (Å²) in [7, 11) is 0. The van der Waals surface area contributed by atoms with Crippen molar-refractivity contribution < 1.29 is 9.52 Å². The average Bonchev–Trinajstić information content (AvgIpc) is 2.70. The SMILES string of the molecule is OC(Cc1ccc(Cl)c(Cl)c1)c1ccoc1Cl. The van der Waals surface area contributed by atoms with Gasteiger partial charge in [-0.1, -0.05) is 29.3 Å². The van der Waals surface area contributed by atoms with Crippen molar-refractivity contribution in [3.05, 3.63) is 56.9 Å². The number of hydrogen-bond acceptors (Lipinski definition) is 2. The second kappa shape index (κ2) is 5.32. The van der Waals surface area contributed by atoms with Crippen molar-refractivity contribution in [3.8, 4) is 0 Å². The van der Waals surface area contributed by atoms with E-state index in [1.165, 1.54) is 6.26 Å². The zero-order valence-electron chi connectivity index (χ0n) is 8.66. The van der Waals surface area contributed by atoms with Crippen molar-refractivity contribution >= 4 is 34.8 Å². The Kier molecular flexibility index (Phi) is 4.00. The van der Waals surface area contributed by atoms with Gasteiger partial charge in [-0.3, -0.25) is 0 Å². The normalized spacial score (nSPS) is 12.7. The summed E-state index contributed by atoms with van der Waals surface area (Å²) in [5.41, 5.74) is 1.45. The van der Waals surface area contributed by atoms with Crippen LogP contribution in [0.4, 0.5) is 0 Å². The molecule has 1 aromatic carbocycles. The first kappa shape index (κ1) is 12.8. The molecule has 5 heteroatoms. The van der Waals surface area contributed by atoms with Gasteiger partial charge in [0.05, 0.1) is 22.4 Å². The second-order valence-electron chi connectivity index (χ2n) is 3.62. The lowest BCUT2D eigenvalue weighted by Gasteiger charge is -2.09. The Hall–Kier alpha value is -0.670. The quantitative estimate of drug-likeness (QED) is 0.902. The van der Waals surface area contributed by atoms with E-state index >= 15 is 0 Å². The molecular formula is C12H9Cl3O2. The average molecular weight is 292 g/mol. The van der Waals surface area contributed by atoms with Gasteiger partial charge in [0.25, 0.3) is 0 Å². The van der Waals surface area contributed by atoms with Gasteiger partial charge in [-0.25, -0.2) is 0 Å². The van der Waals surface area contributed by atoms with Gasteiger partial charge >= 0.3 is 0 Å². The Morgan fingerprint density at radius 3 is 2.47 bits per heavy atom. The van der Waals surface area contributed by atoms with Crippen LogP contribution >= 0.6 is 34.8 Å². The second-order valence-corrected chi connectivity index (χ2v) is 4.78. The molecule has 0 aliphatic carbocycles. The molecule has 1 unspecified atom stereocenters. The third kappa shape index (κ3) is 2.96. The molecule has 0 fully saturated rings. The highest BCUT2D eigenvalue weighted by Crippen LogP contribution is 2.29. The molecule has 0 saturated carbocycles. The fourth-order valence-electron chi connectivity index (χ4n) is 1.54. The van der Waals surface area contributed by atoms with Crippen molar-refractivity contribution in [2.24, 2.45) is 0 Å². The first-order valence-electron chi connectivity index (χ1n) is 4.93. The van der Waals surface area contributed by atoms with Crippen molar-refractivity contribution in [2.75, 3.05) is 0 Å². The predicted octanol–water partition coefficient (Wildman–Crippen LogP) is 4.52. The number of aliphatic hydroxyl groups is 1. The number of furan rings is 1. The van der Waals surface area contributed by atoms with Crippen LogP contribution in [-0.4, -0.2) is 5.11 Å². The van der Waals surface area contributed by atoms with Gasteiger partial charge in [-0.15, -0.1) is 0 Å². The maximum absolute atomic E-state index is 9.98. The molecule has 0 radical (unpaired) electrons. The molecular weight excluding hydrogens is 282 g/mol. The smallest absolute Gasteiger partial charge is 0.198 e. The minimum absolute atomic E-state index is 0.206. The van der Waals surface area contributed by atoms with Gasteiger partial charge in [0.2, 0.25) is 0 Å². The van der Waals surface area contributed by atoms with Crippen molar-refractivity contribution in [1.29, 1.82) is 0 Å². The fourth-order valence-corrected chi connectivity index (χ4v) is 2.10. The van der Waals surface area contributed by atoms with Crippen LogP contribution in [0.15, 0.2) is 34.9 Å².